The molecule has 2 aromatic rings. The van der Waals surface area contributed by atoms with Crippen LogP contribution in [0, 0.1) is 6.92 Å². The van der Waals surface area contributed by atoms with Gasteiger partial charge in [0.15, 0.2) is 0 Å². The normalized spacial score (nSPS) is 18.0. The molecule has 1 atom stereocenters. The van der Waals surface area contributed by atoms with Crippen molar-refractivity contribution >= 4 is 27.5 Å². The topological polar surface area (TPSA) is 42.4 Å². The Morgan fingerprint density at radius 3 is 3.09 bits per heavy atom. The van der Waals surface area contributed by atoms with E-state index in [9.17, 15) is 4.79 Å². The molecule has 3 rings (SSSR count). The summed E-state index contributed by atoms with van der Waals surface area (Å²) in [6, 6.07) is 5.81. The Labute approximate surface area is 135 Å². The van der Waals surface area contributed by atoms with E-state index in [1.807, 2.05) is 30.0 Å². The van der Waals surface area contributed by atoms with E-state index in [1.165, 1.54) is 0 Å². The molecule has 1 aromatic carbocycles. The number of hydrogen-bond acceptors (Lipinski definition) is 4. The van der Waals surface area contributed by atoms with Gasteiger partial charge in [0.1, 0.15) is 0 Å². The highest BCUT2D eigenvalue weighted by Crippen LogP contribution is 2.24. The van der Waals surface area contributed by atoms with Gasteiger partial charge >= 0.3 is 0 Å². The number of aromatic nitrogens is 1. The van der Waals surface area contributed by atoms with Gasteiger partial charge in [0, 0.05) is 25.3 Å². The highest BCUT2D eigenvalue weighted by molar-refractivity contribution is 7.18. The third-order valence-corrected chi connectivity index (χ3v) is 4.90. The lowest BCUT2D eigenvalue weighted by molar-refractivity contribution is 0.0526. The molecular weight excluding hydrogens is 296 g/mol. The van der Waals surface area contributed by atoms with E-state index in [0.29, 0.717) is 6.54 Å². The molecule has 1 aliphatic rings. The zero-order valence-corrected chi connectivity index (χ0v) is 14.0. The maximum Gasteiger partial charge on any atom is 0.253 e. The van der Waals surface area contributed by atoms with Gasteiger partial charge in [0.05, 0.1) is 21.3 Å². The largest absolute Gasteiger partial charge is 0.376 e. The van der Waals surface area contributed by atoms with Crippen LogP contribution < -0.4 is 0 Å². The van der Waals surface area contributed by atoms with Crippen LogP contribution in [0.1, 0.15) is 41.6 Å². The van der Waals surface area contributed by atoms with Gasteiger partial charge in [-0.15, -0.1) is 11.3 Å². The molecule has 0 N–H and O–H groups in total. The van der Waals surface area contributed by atoms with Crippen molar-refractivity contribution in [3.63, 3.8) is 0 Å². The lowest BCUT2D eigenvalue weighted by Gasteiger charge is -2.25. The van der Waals surface area contributed by atoms with Crippen LogP contribution in [0.15, 0.2) is 18.2 Å². The Bertz CT molecular complexity index is 662. The highest BCUT2D eigenvalue weighted by Gasteiger charge is 2.23. The standard InChI is InChI=1S/C17H22N2O2S/c1-3-8-19(11-14-5-4-9-21-14)17(20)13-6-7-15-16(10-13)22-12(2)18-15/h6-7,10,14H,3-5,8-9,11H2,1-2H3. The van der Waals surface area contributed by atoms with Crippen molar-refractivity contribution in [1.82, 2.24) is 9.88 Å². The second kappa shape index (κ2) is 6.75. The quantitative estimate of drug-likeness (QED) is 0.845. The molecule has 1 saturated heterocycles. The molecular formula is C17H22N2O2S. The minimum atomic E-state index is 0.102. The van der Waals surface area contributed by atoms with Crippen molar-refractivity contribution < 1.29 is 9.53 Å². The van der Waals surface area contributed by atoms with Crippen LogP contribution in [0.25, 0.3) is 10.2 Å². The van der Waals surface area contributed by atoms with Gasteiger partial charge in [-0.3, -0.25) is 4.79 Å². The fourth-order valence-corrected chi connectivity index (χ4v) is 3.80. The van der Waals surface area contributed by atoms with E-state index in [1.54, 1.807) is 11.3 Å². The summed E-state index contributed by atoms with van der Waals surface area (Å²) in [6.45, 7) is 6.40. The lowest BCUT2D eigenvalue weighted by atomic mass is 10.1. The minimum Gasteiger partial charge on any atom is -0.376 e. The summed E-state index contributed by atoms with van der Waals surface area (Å²) in [5.74, 6) is 0.102. The van der Waals surface area contributed by atoms with E-state index >= 15 is 0 Å². The van der Waals surface area contributed by atoms with Crippen LogP contribution in [-0.4, -0.2) is 41.6 Å². The molecule has 0 spiro atoms. The number of carbonyl (C=O) groups excluding carboxylic acids is 1. The zero-order valence-electron chi connectivity index (χ0n) is 13.2. The van der Waals surface area contributed by atoms with E-state index in [2.05, 4.69) is 11.9 Å². The van der Waals surface area contributed by atoms with Crippen LogP contribution in [0.4, 0.5) is 0 Å². The van der Waals surface area contributed by atoms with Crippen molar-refractivity contribution in [1.29, 1.82) is 0 Å². The smallest absolute Gasteiger partial charge is 0.253 e. The second-order valence-electron chi connectivity index (χ2n) is 5.80. The first-order chi connectivity index (χ1) is 10.7. The first kappa shape index (κ1) is 15.4. The molecule has 1 aliphatic heterocycles. The third kappa shape index (κ3) is 3.31. The maximum atomic E-state index is 12.8. The maximum absolute atomic E-state index is 12.8. The number of thiazole rings is 1. The van der Waals surface area contributed by atoms with E-state index < -0.39 is 0 Å². The second-order valence-corrected chi connectivity index (χ2v) is 7.04. The first-order valence-electron chi connectivity index (χ1n) is 7.95. The van der Waals surface area contributed by atoms with Crippen molar-refractivity contribution in [3.8, 4) is 0 Å². The lowest BCUT2D eigenvalue weighted by Crippen LogP contribution is -2.37. The van der Waals surface area contributed by atoms with E-state index in [-0.39, 0.29) is 12.0 Å². The SMILES string of the molecule is CCCN(CC1CCCO1)C(=O)c1ccc2nc(C)sc2c1. The molecule has 0 radical (unpaired) electrons. The number of nitrogens with zero attached hydrogens (tertiary/aromatic N) is 2. The molecule has 22 heavy (non-hydrogen) atoms. The Morgan fingerprint density at radius 1 is 1.50 bits per heavy atom. The van der Waals surface area contributed by atoms with Crippen LogP contribution in [0.3, 0.4) is 0 Å². The van der Waals surface area contributed by atoms with Crippen molar-refractivity contribution in [3.05, 3.63) is 28.8 Å². The highest BCUT2D eigenvalue weighted by atomic mass is 32.1. The summed E-state index contributed by atoms with van der Waals surface area (Å²) in [5, 5.41) is 1.03. The van der Waals surface area contributed by atoms with Crippen LogP contribution in [-0.2, 0) is 4.74 Å². The molecule has 0 bridgehead atoms. The Hall–Kier alpha value is -1.46. The van der Waals surface area contributed by atoms with E-state index in [0.717, 1.165) is 53.2 Å². The average molecular weight is 318 g/mol. The number of carbonyl (C=O) groups is 1. The number of benzene rings is 1. The van der Waals surface area contributed by atoms with Crippen molar-refractivity contribution in [2.24, 2.45) is 0 Å². The number of aryl methyl sites for hydroxylation is 1. The molecule has 1 fully saturated rings. The Morgan fingerprint density at radius 2 is 2.36 bits per heavy atom. The molecule has 0 saturated carbocycles. The fraction of sp³-hybridized carbons (Fsp3) is 0.529. The summed E-state index contributed by atoms with van der Waals surface area (Å²) < 4.78 is 6.77. The molecule has 118 valence electrons. The number of amides is 1. The fourth-order valence-electron chi connectivity index (χ4n) is 2.94. The van der Waals surface area contributed by atoms with Gasteiger partial charge in [-0.25, -0.2) is 4.98 Å². The van der Waals surface area contributed by atoms with Crippen molar-refractivity contribution in [2.75, 3.05) is 19.7 Å². The number of hydrogen-bond donors (Lipinski definition) is 0. The molecule has 1 aromatic heterocycles. The third-order valence-electron chi connectivity index (χ3n) is 3.97. The van der Waals surface area contributed by atoms with Gasteiger partial charge in [-0.1, -0.05) is 6.92 Å². The molecule has 1 amide bonds. The summed E-state index contributed by atoms with van der Waals surface area (Å²) in [4.78, 5) is 19.2. The number of ether oxygens (including phenoxy) is 1. The monoisotopic (exact) mass is 318 g/mol. The molecule has 5 heteroatoms. The predicted molar refractivity (Wildman–Crippen MR) is 89.5 cm³/mol. The molecule has 2 heterocycles. The van der Waals surface area contributed by atoms with Crippen LogP contribution in [0.5, 0.6) is 0 Å². The van der Waals surface area contributed by atoms with Gasteiger partial charge in [0.2, 0.25) is 0 Å². The van der Waals surface area contributed by atoms with Crippen molar-refractivity contribution in [2.45, 2.75) is 39.2 Å². The first-order valence-corrected chi connectivity index (χ1v) is 8.77. The summed E-state index contributed by atoms with van der Waals surface area (Å²) in [5.41, 5.74) is 1.72. The van der Waals surface area contributed by atoms with E-state index in [4.69, 9.17) is 4.74 Å². The zero-order chi connectivity index (χ0) is 15.5. The predicted octanol–water partition coefficient (Wildman–Crippen LogP) is 3.64. The minimum absolute atomic E-state index is 0.102. The number of fused-ring (bicyclic) bond motifs is 1. The van der Waals surface area contributed by atoms with Crippen LogP contribution in [0.2, 0.25) is 0 Å². The van der Waals surface area contributed by atoms with Crippen LogP contribution >= 0.6 is 11.3 Å². The number of rotatable bonds is 5. The Kier molecular flexibility index (Phi) is 4.74. The van der Waals surface area contributed by atoms with Gasteiger partial charge < -0.3 is 9.64 Å². The van der Waals surface area contributed by atoms with Gasteiger partial charge in [0.25, 0.3) is 5.91 Å². The summed E-state index contributed by atoms with van der Waals surface area (Å²) in [7, 11) is 0. The van der Waals surface area contributed by atoms with Gasteiger partial charge in [-0.2, -0.15) is 0 Å². The average Bonchev–Trinajstić information content (AvgIpc) is 3.13. The molecule has 0 aliphatic carbocycles. The van der Waals surface area contributed by atoms with Gasteiger partial charge in [-0.05, 0) is 44.4 Å². The Balaban J connectivity index is 1.80. The summed E-state index contributed by atoms with van der Waals surface area (Å²) >= 11 is 1.64. The molecule has 1 unspecified atom stereocenters. The summed E-state index contributed by atoms with van der Waals surface area (Å²) in [6.07, 6.45) is 3.32. The molecule has 4 nitrogen and oxygen atoms in total.